The maximum absolute atomic E-state index is 12.5. The van der Waals surface area contributed by atoms with Crippen LogP contribution >= 0.6 is 0 Å². The van der Waals surface area contributed by atoms with Crippen molar-refractivity contribution in [1.29, 1.82) is 0 Å². The average molecular weight is 270 g/mol. The molecule has 0 aliphatic heterocycles. The van der Waals surface area contributed by atoms with Gasteiger partial charge in [0.25, 0.3) is 0 Å². The monoisotopic (exact) mass is 270 g/mol. The van der Waals surface area contributed by atoms with E-state index >= 15 is 0 Å². The molecular weight excluding hydrogens is 262 g/mol. The van der Waals surface area contributed by atoms with Gasteiger partial charge in [0.15, 0.2) is 0 Å². The van der Waals surface area contributed by atoms with Crippen molar-refractivity contribution >= 4 is 5.76 Å². The Morgan fingerprint density at radius 1 is 0.944 bits per heavy atom. The summed E-state index contributed by atoms with van der Waals surface area (Å²) >= 11 is 0. The molecule has 1 aromatic rings. The SMILES string of the molecule is C=C(OC)c1cc(C(F)(F)F)cc(C(F)(F)F)c1. The largest absolute Gasteiger partial charge is 0.497 e. The first kappa shape index (κ1) is 14.4. The molecule has 0 atom stereocenters. The Balaban J connectivity index is 3.44. The fourth-order valence-electron chi connectivity index (χ4n) is 1.23. The average Bonchev–Trinajstić information content (AvgIpc) is 2.25. The summed E-state index contributed by atoms with van der Waals surface area (Å²) in [7, 11) is 1.11. The molecule has 0 spiro atoms. The van der Waals surface area contributed by atoms with E-state index in [9.17, 15) is 26.3 Å². The number of ether oxygens (including phenoxy) is 1. The van der Waals surface area contributed by atoms with Gasteiger partial charge in [0.2, 0.25) is 0 Å². The highest BCUT2D eigenvalue weighted by Crippen LogP contribution is 2.37. The minimum Gasteiger partial charge on any atom is -0.497 e. The van der Waals surface area contributed by atoms with Gasteiger partial charge in [-0.1, -0.05) is 6.58 Å². The van der Waals surface area contributed by atoms with Crippen LogP contribution in [0.2, 0.25) is 0 Å². The van der Waals surface area contributed by atoms with E-state index in [4.69, 9.17) is 0 Å². The summed E-state index contributed by atoms with van der Waals surface area (Å²) in [5, 5.41) is 0. The first-order valence-electron chi connectivity index (χ1n) is 4.58. The van der Waals surface area contributed by atoms with E-state index in [0.29, 0.717) is 12.1 Å². The van der Waals surface area contributed by atoms with Gasteiger partial charge in [0.1, 0.15) is 5.76 Å². The zero-order valence-electron chi connectivity index (χ0n) is 9.12. The molecule has 1 rings (SSSR count). The van der Waals surface area contributed by atoms with Crippen LogP contribution in [0.3, 0.4) is 0 Å². The molecule has 0 amide bonds. The second-order valence-electron chi connectivity index (χ2n) is 3.42. The molecule has 7 heteroatoms. The predicted molar refractivity (Wildman–Crippen MR) is 52.5 cm³/mol. The van der Waals surface area contributed by atoms with Crippen molar-refractivity contribution in [3.63, 3.8) is 0 Å². The summed E-state index contributed by atoms with van der Waals surface area (Å²) in [6.45, 7) is 3.23. The summed E-state index contributed by atoms with van der Waals surface area (Å²) < 4.78 is 79.3. The first-order valence-corrected chi connectivity index (χ1v) is 4.58. The molecule has 0 unspecified atom stereocenters. The van der Waals surface area contributed by atoms with Crippen LogP contribution < -0.4 is 0 Å². The van der Waals surface area contributed by atoms with Crippen molar-refractivity contribution in [2.75, 3.05) is 7.11 Å². The molecule has 0 N–H and O–H groups in total. The lowest BCUT2D eigenvalue weighted by Crippen LogP contribution is -2.11. The Kier molecular flexibility index (Phi) is 3.64. The first-order chi connectivity index (χ1) is 8.05. The van der Waals surface area contributed by atoms with E-state index in [-0.39, 0.29) is 17.4 Å². The highest BCUT2D eigenvalue weighted by atomic mass is 19.4. The van der Waals surface area contributed by atoms with E-state index in [2.05, 4.69) is 11.3 Å². The number of benzene rings is 1. The Bertz CT molecular complexity index is 425. The number of hydrogen-bond acceptors (Lipinski definition) is 1. The van der Waals surface area contributed by atoms with Gasteiger partial charge in [0.05, 0.1) is 18.2 Å². The standard InChI is InChI=1S/C11H8F6O/c1-6(18-2)7-3-8(10(12,13)14)5-9(4-7)11(15,16)17/h3-5H,1H2,2H3. The van der Waals surface area contributed by atoms with Crippen LogP contribution in [0.4, 0.5) is 26.3 Å². The zero-order valence-corrected chi connectivity index (χ0v) is 9.12. The lowest BCUT2D eigenvalue weighted by Gasteiger charge is -2.14. The van der Waals surface area contributed by atoms with E-state index in [1.54, 1.807) is 0 Å². The van der Waals surface area contributed by atoms with Crippen LogP contribution in [0.25, 0.3) is 5.76 Å². The molecule has 0 aliphatic carbocycles. The second kappa shape index (κ2) is 4.55. The van der Waals surface area contributed by atoms with E-state index in [0.717, 1.165) is 7.11 Å². The molecule has 0 heterocycles. The smallest absolute Gasteiger partial charge is 0.416 e. The van der Waals surface area contributed by atoms with Gasteiger partial charge < -0.3 is 4.74 Å². The number of methoxy groups -OCH3 is 1. The van der Waals surface area contributed by atoms with Gasteiger partial charge in [-0.05, 0) is 18.2 Å². The third kappa shape index (κ3) is 3.18. The predicted octanol–water partition coefficient (Wildman–Crippen LogP) is 4.34. The van der Waals surface area contributed by atoms with Crippen LogP contribution in [0, 0.1) is 0 Å². The van der Waals surface area contributed by atoms with Gasteiger partial charge in [-0.2, -0.15) is 26.3 Å². The number of halogens is 6. The second-order valence-corrected chi connectivity index (χ2v) is 3.42. The molecule has 0 fully saturated rings. The summed E-state index contributed by atoms with van der Waals surface area (Å²) in [5.74, 6) is -0.272. The molecule has 0 aromatic heterocycles. The Hall–Kier alpha value is -1.66. The van der Waals surface area contributed by atoms with Crippen molar-refractivity contribution in [3.8, 4) is 0 Å². The summed E-state index contributed by atoms with van der Waals surface area (Å²) in [5.41, 5.74) is -3.16. The molecule has 100 valence electrons. The number of alkyl halides is 6. The quantitative estimate of drug-likeness (QED) is 0.573. The van der Waals surface area contributed by atoms with Crippen LogP contribution in [-0.4, -0.2) is 7.11 Å². The minimum atomic E-state index is -4.87. The Morgan fingerprint density at radius 2 is 1.33 bits per heavy atom. The van der Waals surface area contributed by atoms with Crippen molar-refractivity contribution in [2.45, 2.75) is 12.4 Å². The van der Waals surface area contributed by atoms with Crippen LogP contribution in [-0.2, 0) is 17.1 Å². The van der Waals surface area contributed by atoms with Crippen molar-refractivity contribution in [1.82, 2.24) is 0 Å². The lowest BCUT2D eigenvalue weighted by molar-refractivity contribution is -0.143. The summed E-state index contributed by atoms with van der Waals surface area (Å²) in [6.07, 6.45) is -9.74. The fourth-order valence-corrected chi connectivity index (χ4v) is 1.23. The fraction of sp³-hybridized carbons (Fsp3) is 0.273. The molecule has 1 aromatic carbocycles. The van der Waals surface area contributed by atoms with Crippen LogP contribution in [0.15, 0.2) is 24.8 Å². The van der Waals surface area contributed by atoms with Crippen LogP contribution in [0.1, 0.15) is 16.7 Å². The summed E-state index contributed by atoms with van der Waals surface area (Å²) in [6, 6.07) is 1.16. The molecule has 0 saturated heterocycles. The molecule has 18 heavy (non-hydrogen) atoms. The molecule has 0 saturated carbocycles. The highest BCUT2D eigenvalue weighted by Gasteiger charge is 2.37. The molecule has 0 radical (unpaired) electrons. The number of hydrogen-bond donors (Lipinski definition) is 0. The number of rotatable bonds is 2. The van der Waals surface area contributed by atoms with Gasteiger partial charge in [-0.25, -0.2) is 0 Å². The molecule has 1 nitrogen and oxygen atoms in total. The maximum Gasteiger partial charge on any atom is 0.416 e. The maximum atomic E-state index is 12.5. The third-order valence-corrected chi connectivity index (χ3v) is 2.16. The molecule has 0 aliphatic rings. The summed E-state index contributed by atoms with van der Waals surface area (Å²) in [4.78, 5) is 0. The van der Waals surface area contributed by atoms with Crippen molar-refractivity contribution in [3.05, 3.63) is 41.5 Å². The normalized spacial score (nSPS) is 12.4. The molecule has 0 bridgehead atoms. The van der Waals surface area contributed by atoms with Gasteiger partial charge >= 0.3 is 12.4 Å². The van der Waals surface area contributed by atoms with Crippen molar-refractivity contribution in [2.24, 2.45) is 0 Å². The van der Waals surface area contributed by atoms with Gasteiger partial charge in [-0.3, -0.25) is 0 Å². The topological polar surface area (TPSA) is 9.23 Å². The van der Waals surface area contributed by atoms with Crippen LogP contribution in [0.5, 0.6) is 0 Å². The Morgan fingerprint density at radius 3 is 1.61 bits per heavy atom. The zero-order chi connectivity index (χ0) is 14.1. The minimum absolute atomic E-state index is 0.0481. The Labute approximate surface area is 98.7 Å². The van der Waals surface area contributed by atoms with Gasteiger partial charge in [0, 0.05) is 5.56 Å². The molecular formula is C11H8F6O. The highest BCUT2D eigenvalue weighted by molar-refractivity contribution is 5.59. The van der Waals surface area contributed by atoms with E-state index < -0.39 is 23.5 Å². The van der Waals surface area contributed by atoms with Gasteiger partial charge in [-0.15, -0.1) is 0 Å². The third-order valence-electron chi connectivity index (χ3n) is 2.16. The van der Waals surface area contributed by atoms with E-state index in [1.807, 2.05) is 0 Å². The lowest BCUT2D eigenvalue weighted by atomic mass is 10.0. The van der Waals surface area contributed by atoms with E-state index in [1.165, 1.54) is 0 Å². The van der Waals surface area contributed by atoms with Crippen molar-refractivity contribution < 1.29 is 31.1 Å².